The smallest absolute Gasteiger partial charge is 0.0611 e. The molecule has 1 heterocycles. The van der Waals surface area contributed by atoms with Gasteiger partial charge in [-0.15, -0.1) is 0 Å². The van der Waals surface area contributed by atoms with Crippen molar-refractivity contribution < 1.29 is 5.11 Å². The maximum absolute atomic E-state index is 9.62. The molecule has 0 spiro atoms. The van der Waals surface area contributed by atoms with Crippen LogP contribution < -0.4 is 5.32 Å². The Balaban J connectivity index is 1.69. The van der Waals surface area contributed by atoms with Gasteiger partial charge < -0.3 is 20.2 Å². The van der Waals surface area contributed by atoms with E-state index in [9.17, 15) is 5.11 Å². The van der Waals surface area contributed by atoms with Gasteiger partial charge in [0, 0.05) is 17.6 Å². The minimum atomic E-state index is -0.0838. The van der Waals surface area contributed by atoms with Gasteiger partial charge in [0.25, 0.3) is 0 Å². The van der Waals surface area contributed by atoms with Crippen LogP contribution in [0, 0.1) is 0 Å². The Bertz CT molecular complexity index is 273. The molecule has 0 aromatic rings. The fraction of sp³-hybridized carbons (Fsp3) is 1.00. The summed E-state index contributed by atoms with van der Waals surface area (Å²) in [6.07, 6.45) is 6.16. The zero-order valence-corrected chi connectivity index (χ0v) is 12.9. The van der Waals surface area contributed by atoms with E-state index in [0.717, 1.165) is 19.0 Å². The Kier molecular flexibility index (Phi) is 5.23. The van der Waals surface area contributed by atoms with Crippen LogP contribution in [0.25, 0.3) is 0 Å². The van der Waals surface area contributed by atoms with E-state index in [0.29, 0.717) is 6.04 Å². The summed E-state index contributed by atoms with van der Waals surface area (Å²) in [7, 11) is 4.37. The zero-order valence-electron chi connectivity index (χ0n) is 12.9. The first kappa shape index (κ1) is 15.2. The van der Waals surface area contributed by atoms with Crippen LogP contribution in [-0.2, 0) is 0 Å². The molecule has 2 fully saturated rings. The van der Waals surface area contributed by atoms with E-state index in [4.69, 9.17) is 0 Å². The molecule has 0 aromatic heterocycles. The van der Waals surface area contributed by atoms with Crippen molar-refractivity contribution in [3.05, 3.63) is 0 Å². The molecule has 19 heavy (non-hydrogen) atoms. The number of nitrogens with one attached hydrogen (secondary N) is 1. The highest BCUT2D eigenvalue weighted by Gasteiger charge is 2.32. The second-order valence-corrected chi connectivity index (χ2v) is 6.92. The topological polar surface area (TPSA) is 38.7 Å². The Labute approximate surface area is 118 Å². The number of hydrogen-bond acceptors (Lipinski definition) is 4. The van der Waals surface area contributed by atoms with Crippen molar-refractivity contribution in [3.63, 3.8) is 0 Å². The number of aliphatic hydroxyl groups is 1. The molecule has 0 radical (unpaired) electrons. The zero-order chi connectivity index (χ0) is 13.9. The first-order chi connectivity index (χ1) is 9.02. The third kappa shape index (κ3) is 4.71. The summed E-state index contributed by atoms with van der Waals surface area (Å²) < 4.78 is 0. The Morgan fingerprint density at radius 1 is 1.21 bits per heavy atom. The lowest BCUT2D eigenvalue weighted by molar-refractivity contribution is 0.113. The molecule has 0 bridgehead atoms. The standard InChI is InChI=1S/C15H31N3O/c1-15(12-19,16-13-4-5-13)8-11-18-9-6-14(7-10-18)17(2)3/h13-14,16,19H,4-12H2,1-3H3. The van der Waals surface area contributed by atoms with Crippen LogP contribution in [0.4, 0.5) is 0 Å². The maximum atomic E-state index is 9.62. The van der Waals surface area contributed by atoms with Crippen LogP contribution >= 0.6 is 0 Å². The fourth-order valence-electron chi connectivity index (χ4n) is 2.98. The van der Waals surface area contributed by atoms with E-state index in [2.05, 4.69) is 36.1 Å². The molecule has 0 aromatic carbocycles. The summed E-state index contributed by atoms with van der Waals surface area (Å²) >= 11 is 0. The Hall–Kier alpha value is -0.160. The van der Waals surface area contributed by atoms with Crippen molar-refractivity contribution in [2.75, 3.05) is 40.3 Å². The highest BCUT2D eigenvalue weighted by Crippen LogP contribution is 2.24. The summed E-state index contributed by atoms with van der Waals surface area (Å²) in [5.74, 6) is 0. The van der Waals surface area contributed by atoms with Crippen LogP contribution in [-0.4, -0.2) is 72.9 Å². The van der Waals surface area contributed by atoms with Gasteiger partial charge >= 0.3 is 0 Å². The molecule has 1 aliphatic carbocycles. The highest BCUT2D eigenvalue weighted by molar-refractivity contribution is 4.93. The summed E-state index contributed by atoms with van der Waals surface area (Å²) in [4.78, 5) is 4.91. The number of piperidine rings is 1. The van der Waals surface area contributed by atoms with Crippen LogP contribution in [0.1, 0.15) is 39.0 Å². The molecule has 2 aliphatic rings. The number of rotatable bonds is 7. The van der Waals surface area contributed by atoms with Gasteiger partial charge in [0.2, 0.25) is 0 Å². The molecule has 4 heteroatoms. The molecule has 112 valence electrons. The quantitative estimate of drug-likeness (QED) is 0.720. The van der Waals surface area contributed by atoms with E-state index in [1.165, 1.54) is 38.8 Å². The third-order valence-corrected chi connectivity index (χ3v) is 4.75. The van der Waals surface area contributed by atoms with Crippen molar-refractivity contribution in [2.45, 2.75) is 56.7 Å². The van der Waals surface area contributed by atoms with Gasteiger partial charge in [-0.05, 0) is 72.8 Å². The molecule has 1 saturated heterocycles. The maximum Gasteiger partial charge on any atom is 0.0611 e. The molecular formula is C15H31N3O. The lowest BCUT2D eigenvalue weighted by atomic mass is 9.97. The Morgan fingerprint density at radius 3 is 2.32 bits per heavy atom. The fourth-order valence-corrected chi connectivity index (χ4v) is 2.98. The number of nitrogens with zero attached hydrogens (tertiary/aromatic N) is 2. The molecule has 4 nitrogen and oxygen atoms in total. The molecule has 1 saturated carbocycles. The van der Waals surface area contributed by atoms with Gasteiger partial charge in [-0.25, -0.2) is 0 Å². The molecule has 2 N–H and O–H groups in total. The summed E-state index contributed by atoms with van der Waals surface area (Å²) in [6, 6.07) is 1.42. The second-order valence-electron chi connectivity index (χ2n) is 6.92. The largest absolute Gasteiger partial charge is 0.394 e. The first-order valence-corrected chi connectivity index (χ1v) is 7.80. The normalized spacial score (nSPS) is 25.7. The minimum absolute atomic E-state index is 0.0838. The van der Waals surface area contributed by atoms with Crippen molar-refractivity contribution in [1.29, 1.82) is 0 Å². The third-order valence-electron chi connectivity index (χ3n) is 4.75. The highest BCUT2D eigenvalue weighted by atomic mass is 16.3. The van der Waals surface area contributed by atoms with E-state index < -0.39 is 0 Å². The van der Waals surface area contributed by atoms with E-state index in [-0.39, 0.29) is 12.1 Å². The molecule has 1 aliphatic heterocycles. The van der Waals surface area contributed by atoms with Gasteiger partial charge in [-0.3, -0.25) is 0 Å². The van der Waals surface area contributed by atoms with Gasteiger partial charge in [-0.2, -0.15) is 0 Å². The molecule has 2 rings (SSSR count). The van der Waals surface area contributed by atoms with Crippen molar-refractivity contribution >= 4 is 0 Å². The molecule has 1 atom stereocenters. The molecule has 0 amide bonds. The van der Waals surface area contributed by atoms with E-state index in [1.54, 1.807) is 0 Å². The van der Waals surface area contributed by atoms with Gasteiger partial charge in [0.1, 0.15) is 0 Å². The van der Waals surface area contributed by atoms with Crippen molar-refractivity contribution in [1.82, 2.24) is 15.1 Å². The summed E-state index contributed by atoms with van der Waals surface area (Å²) in [5.41, 5.74) is -0.0838. The lowest BCUT2D eigenvalue weighted by Crippen LogP contribution is -2.50. The average Bonchev–Trinajstić information content (AvgIpc) is 3.21. The van der Waals surface area contributed by atoms with E-state index in [1.807, 2.05) is 0 Å². The molecular weight excluding hydrogens is 238 g/mol. The summed E-state index contributed by atoms with van der Waals surface area (Å²) in [5, 5.41) is 13.2. The van der Waals surface area contributed by atoms with Gasteiger partial charge in [0.05, 0.1) is 6.61 Å². The lowest BCUT2D eigenvalue weighted by Gasteiger charge is -2.37. The van der Waals surface area contributed by atoms with Crippen LogP contribution in [0.3, 0.4) is 0 Å². The van der Waals surface area contributed by atoms with Crippen molar-refractivity contribution in [3.8, 4) is 0 Å². The molecule has 1 unspecified atom stereocenters. The van der Waals surface area contributed by atoms with Crippen LogP contribution in [0.2, 0.25) is 0 Å². The predicted octanol–water partition coefficient (Wildman–Crippen LogP) is 0.906. The van der Waals surface area contributed by atoms with Crippen molar-refractivity contribution in [2.24, 2.45) is 0 Å². The van der Waals surface area contributed by atoms with Crippen LogP contribution in [0.5, 0.6) is 0 Å². The first-order valence-electron chi connectivity index (χ1n) is 7.80. The number of hydrogen-bond donors (Lipinski definition) is 2. The predicted molar refractivity (Wildman–Crippen MR) is 79.4 cm³/mol. The van der Waals surface area contributed by atoms with Gasteiger partial charge in [-0.1, -0.05) is 0 Å². The average molecular weight is 269 g/mol. The Morgan fingerprint density at radius 2 is 1.84 bits per heavy atom. The summed E-state index contributed by atoms with van der Waals surface area (Å²) in [6.45, 7) is 5.92. The van der Waals surface area contributed by atoms with Crippen LogP contribution in [0.15, 0.2) is 0 Å². The second kappa shape index (κ2) is 6.53. The SMILES string of the molecule is CN(C)C1CCN(CCC(C)(CO)NC2CC2)CC1. The van der Waals surface area contributed by atoms with E-state index >= 15 is 0 Å². The van der Waals surface area contributed by atoms with Gasteiger partial charge in [0.15, 0.2) is 0 Å². The number of aliphatic hydroxyl groups excluding tert-OH is 1. The number of likely N-dealkylation sites (tertiary alicyclic amines) is 1. The monoisotopic (exact) mass is 269 g/mol. The minimum Gasteiger partial charge on any atom is -0.394 e.